The van der Waals surface area contributed by atoms with Crippen molar-refractivity contribution in [1.82, 2.24) is 0 Å². The second kappa shape index (κ2) is 5.40. The molecule has 2 aromatic carbocycles. The fraction of sp³-hybridized carbons (Fsp3) is 0.278. The second-order valence-electron chi connectivity index (χ2n) is 5.35. The van der Waals surface area contributed by atoms with Gasteiger partial charge in [0, 0.05) is 6.42 Å². The van der Waals surface area contributed by atoms with Crippen LogP contribution in [0, 0.1) is 20.8 Å². The molecular formula is C18H20O. The molecule has 0 saturated carbocycles. The van der Waals surface area contributed by atoms with Crippen molar-refractivity contribution in [2.24, 2.45) is 0 Å². The average Bonchev–Trinajstić information content (AvgIpc) is 2.29. The van der Waals surface area contributed by atoms with E-state index in [0.717, 1.165) is 5.56 Å². The van der Waals surface area contributed by atoms with E-state index in [4.69, 9.17) is 0 Å². The number of Topliss-reactive ketones (excluding diaryl/α,β-unsaturated/α-hetero) is 1. The van der Waals surface area contributed by atoms with Gasteiger partial charge in [-0.2, -0.15) is 0 Å². The van der Waals surface area contributed by atoms with Gasteiger partial charge in [-0.3, -0.25) is 4.79 Å². The fourth-order valence-corrected chi connectivity index (χ4v) is 2.71. The summed E-state index contributed by atoms with van der Waals surface area (Å²) in [6, 6.07) is 12.8. The van der Waals surface area contributed by atoms with Gasteiger partial charge in [0.15, 0.2) is 0 Å². The summed E-state index contributed by atoms with van der Waals surface area (Å²) in [4.78, 5) is 11.1. The van der Waals surface area contributed by atoms with Crippen molar-refractivity contribution in [2.75, 3.05) is 0 Å². The van der Waals surface area contributed by atoms with Crippen LogP contribution in [0.1, 0.15) is 29.2 Å². The fourth-order valence-electron chi connectivity index (χ4n) is 2.71. The minimum atomic E-state index is 0.204. The molecule has 0 amide bonds. The smallest absolute Gasteiger partial charge is 0.134 e. The summed E-state index contributed by atoms with van der Waals surface area (Å²) in [5.41, 5.74) is 7.52. The minimum absolute atomic E-state index is 0.204. The summed E-state index contributed by atoms with van der Waals surface area (Å²) in [6.45, 7) is 8.06. The Morgan fingerprint density at radius 3 is 1.95 bits per heavy atom. The summed E-state index contributed by atoms with van der Waals surface area (Å²) in [5.74, 6) is 0.204. The summed E-state index contributed by atoms with van der Waals surface area (Å²) in [5, 5.41) is 0. The van der Waals surface area contributed by atoms with Crippen molar-refractivity contribution in [2.45, 2.75) is 34.1 Å². The quantitative estimate of drug-likeness (QED) is 0.790. The molecule has 0 atom stereocenters. The first-order chi connectivity index (χ1) is 8.97. The Morgan fingerprint density at radius 1 is 0.947 bits per heavy atom. The van der Waals surface area contributed by atoms with E-state index in [0.29, 0.717) is 6.42 Å². The van der Waals surface area contributed by atoms with Crippen molar-refractivity contribution < 1.29 is 4.79 Å². The molecule has 0 aliphatic rings. The highest BCUT2D eigenvalue weighted by Gasteiger charge is 2.07. The largest absolute Gasteiger partial charge is 0.300 e. The highest BCUT2D eigenvalue weighted by Crippen LogP contribution is 2.28. The second-order valence-corrected chi connectivity index (χ2v) is 5.35. The first kappa shape index (κ1) is 13.5. The number of ketones is 1. The van der Waals surface area contributed by atoms with Crippen LogP contribution in [-0.4, -0.2) is 5.78 Å². The highest BCUT2D eigenvalue weighted by atomic mass is 16.1. The van der Waals surface area contributed by atoms with Gasteiger partial charge in [-0.1, -0.05) is 42.0 Å². The average molecular weight is 252 g/mol. The third kappa shape index (κ3) is 3.11. The molecule has 0 aromatic heterocycles. The number of hydrogen-bond acceptors (Lipinski definition) is 1. The Balaban J connectivity index is 2.40. The van der Waals surface area contributed by atoms with Crippen LogP contribution >= 0.6 is 0 Å². The zero-order valence-electron chi connectivity index (χ0n) is 12.1. The lowest BCUT2D eigenvalue weighted by molar-refractivity contribution is -0.116. The van der Waals surface area contributed by atoms with Gasteiger partial charge in [-0.25, -0.2) is 0 Å². The van der Waals surface area contributed by atoms with E-state index in [-0.39, 0.29) is 5.78 Å². The van der Waals surface area contributed by atoms with E-state index in [1.54, 1.807) is 6.92 Å². The zero-order valence-corrected chi connectivity index (χ0v) is 12.1. The molecule has 0 radical (unpaired) electrons. The number of benzene rings is 2. The lowest BCUT2D eigenvalue weighted by atomic mass is 9.93. The molecule has 0 heterocycles. The Hall–Kier alpha value is -1.89. The molecule has 0 N–H and O–H groups in total. The molecule has 0 spiro atoms. The maximum Gasteiger partial charge on any atom is 0.134 e. The monoisotopic (exact) mass is 252 g/mol. The maximum atomic E-state index is 11.1. The van der Waals surface area contributed by atoms with Crippen LogP contribution < -0.4 is 0 Å². The van der Waals surface area contributed by atoms with E-state index < -0.39 is 0 Å². The molecule has 2 aromatic rings. The Morgan fingerprint density at radius 2 is 1.47 bits per heavy atom. The van der Waals surface area contributed by atoms with Crippen molar-refractivity contribution in [3.8, 4) is 11.1 Å². The van der Waals surface area contributed by atoms with E-state index in [1.807, 2.05) is 0 Å². The molecule has 0 aliphatic heterocycles. The third-order valence-electron chi connectivity index (χ3n) is 3.37. The van der Waals surface area contributed by atoms with Crippen molar-refractivity contribution >= 4 is 5.78 Å². The first-order valence-electron chi connectivity index (χ1n) is 6.64. The number of hydrogen-bond donors (Lipinski definition) is 0. The van der Waals surface area contributed by atoms with E-state index in [2.05, 4.69) is 57.2 Å². The van der Waals surface area contributed by atoms with Crippen LogP contribution in [-0.2, 0) is 11.2 Å². The molecule has 1 heteroatoms. The normalized spacial score (nSPS) is 10.5. The molecule has 0 bridgehead atoms. The molecule has 0 aliphatic carbocycles. The lowest BCUT2D eigenvalue weighted by Gasteiger charge is -2.12. The van der Waals surface area contributed by atoms with Crippen LogP contribution in [0.25, 0.3) is 11.1 Å². The Kier molecular flexibility index (Phi) is 3.84. The van der Waals surface area contributed by atoms with Crippen LogP contribution in [0.3, 0.4) is 0 Å². The van der Waals surface area contributed by atoms with E-state index >= 15 is 0 Å². The van der Waals surface area contributed by atoms with Crippen molar-refractivity contribution in [3.63, 3.8) is 0 Å². The zero-order chi connectivity index (χ0) is 14.0. The van der Waals surface area contributed by atoms with Gasteiger partial charge in [0.25, 0.3) is 0 Å². The third-order valence-corrected chi connectivity index (χ3v) is 3.37. The van der Waals surface area contributed by atoms with Gasteiger partial charge in [0.05, 0.1) is 0 Å². The summed E-state index contributed by atoms with van der Waals surface area (Å²) in [6.07, 6.45) is 0.520. The SMILES string of the molecule is CC(=O)Cc1ccc(-c2c(C)cc(C)cc2C)cc1. The predicted octanol–water partition coefficient (Wildman–Crippen LogP) is 4.41. The molecule has 98 valence electrons. The lowest BCUT2D eigenvalue weighted by Crippen LogP contribution is -1.96. The standard InChI is InChI=1S/C18H20O/c1-12-9-13(2)18(14(3)10-12)17-7-5-16(6-8-17)11-15(4)19/h5-10H,11H2,1-4H3. The van der Waals surface area contributed by atoms with Gasteiger partial charge in [0.1, 0.15) is 5.78 Å². The molecule has 0 fully saturated rings. The van der Waals surface area contributed by atoms with Gasteiger partial charge in [-0.15, -0.1) is 0 Å². The van der Waals surface area contributed by atoms with Gasteiger partial charge >= 0.3 is 0 Å². The minimum Gasteiger partial charge on any atom is -0.300 e. The Bertz CT molecular complexity index is 583. The first-order valence-corrected chi connectivity index (χ1v) is 6.64. The van der Waals surface area contributed by atoms with E-state index in [9.17, 15) is 4.79 Å². The molecule has 2 rings (SSSR count). The highest BCUT2D eigenvalue weighted by molar-refractivity contribution is 5.78. The predicted molar refractivity (Wildman–Crippen MR) is 80.5 cm³/mol. The van der Waals surface area contributed by atoms with E-state index in [1.165, 1.54) is 27.8 Å². The number of carbonyl (C=O) groups excluding carboxylic acids is 1. The molecule has 0 saturated heterocycles. The van der Waals surface area contributed by atoms with Crippen molar-refractivity contribution in [3.05, 3.63) is 58.7 Å². The maximum absolute atomic E-state index is 11.1. The Labute approximate surface area is 115 Å². The van der Waals surface area contributed by atoms with Gasteiger partial charge < -0.3 is 0 Å². The van der Waals surface area contributed by atoms with Crippen LogP contribution in [0.15, 0.2) is 36.4 Å². The number of carbonyl (C=O) groups is 1. The van der Waals surface area contributed by atoms with Crippen LogP contribution in [0.2, 0.25) is 0 Å². The summed E-state index contributed by atoms with van der Waals surface area (Å²) < 4.78 is 0. The summed E-state index contributed by atoms with van der Waals surface area (Å²) in [7, 11) is 0. The number of rotatable bonds is 3. The number of aryl methyl sites for hydroxylation is 3. The molecule has 19 heavy (non-hydrogen) atoms. The molecular weight excluding hydrogens is 232 g/mol. The molecule has 0 unspecified atom stereocenters. The van der Waals surface area contributed by atoms with Gasteiger partial charge in [-0.05, 0) is 55.5 Å². The topological polar surface area (TPSA) is 17.1 Å². The molecule has 1 nitrogen and oxygen atoms in total. The van der Waals surface area contributed by atoms with Gasteiger partial charge in [0.2, 0.25) is 0 Å². The summed E-state index contributed by atoms with van der Waals surface area (Å²) >= 11 is 0. The van der Waals surface area contributed by atoms with Crippen LogP contribution in [0.5, 0.6) is 0 Å². The van der Waals surface area contributed by atoms with Crippen LogP contribution in [0.4, 0.5) is 0 Å². The van der Waals surface area contributed by atoms with Crippen molar-refractivity contribution in [1.29, 1.82) is 0 Å².